The van der Waals surface area contributed by atoms with Crippen molar-refractivity contribution in [2.75, 3.05) is 4.90 Å². The first-order valence-electron chi connectivity index (χ1n) is 9.16. The van der Waals surface area contributed by atoms with Gasteiger partial charge in [-0.3, -0.25) is 4.79 Å². The summed E-state index contributed by atoms with van der Waals surface area (Å²) in [6, 6.07) is 14.8. The molecule has 5 nitrogen and oxygen atoms in total. The summed E-state index contributed by atoms with van der Waals surface area (Å²) in [5, 5.41) is 20.3. The molecule has 2 aliphatic heterocycles. The van der Waals surface area contributed by atoms with Crippen molar-refractivity contribution in [2.45, 2.75) is 30.8 Å². The highest BCUT2D eigenvalue weighted by Gasteiger charge is 2.65. The summed E-state index contributed by atoms with van der Waals surface area (Å²) in [6.07, 6.45) is 7.13. The van der Waals surface area contributed by atoms with Crippen molar-refractivity contribution in [3.8, 4) is 12.1 Å². The van der Waals surface area contributed by atoms with E-state index in [-0.39, 0.29) is 11.7 Å². The Kier molecular flexibility index (Phi) is 3.29. The number of carbonyl (C=O) groups is 1. The topological polar surface area (TPSA) is 81.0 Å². The molecule has 5 heteroatoms. The van der Waals surface area contributed by atoms with E-state index in [9.17, 15) is 15.3 Å². The standard InChI is InChI=1S/C22H17N3O2/c23-12-22(13-24)18-10-9-14-4-1-2-5-16(14)25(18)20(21(26)15-7-8-15)19(22)17-6-3-11-27-17/h1-6,9-11,15,18-20H,7-8H2/t18-,19+,20+/m0/s1. The molecule has 0 N–H and O–H groups in total. The summed E-state index contributed by atoms with van der Waals surface area (Å²) >= 11 is 0. The van der Waals surface area contributed by atoms with Crippen LogP contribution in [0, 0.1) is 34.0 Å². The summed E-state index contributed by atoms with van der Waals surface area (Å²) in [5.74, 6) is 0.0204. The van der Waals surface area contributed by atoms with E-state index in [1.807, 2.05) is 41.3 Å². The maximum Gasteiger partial charge on any atom is 0.179 e. The van der Waals surface area contributed by atoms with Gasteiger partial charge in [-0.15, -0.1) is 0 Å². The molecule has 1 aromatic heterocycles. The van der Waals surface area contributed by atoms with E-state index in [4.69, 9.17) is 4.42 Å². The lowest BCUT2D eigenvalue weighted by Gasteiger charge is -2.35. The van der Waals surface area contributed by atoms with E-state index < -0.39 is 23.4 Å². The number of benzene rings is 1. The Morgan fingerprint density at radius 1 is 1.15 bits per heavy atom. The van der Waals surface area contributed by atoms with Gasteiger partial charge in [-0.2, -0.15) is 10.5 Å². The maximum absolute atomic E-state index is 13.4. The molecule has 3 heterocycles. The number of rotatable bonds is 3. The molecule has 0 spiro atoms. The molecule has 27 heavy (non-hydrogen) atoms. The summed E-state index contributed by atoms with van der Waals surface area (Å²) in [7, 11) is 0. The molecule has 0 amide bonds. The summed E-state index contributed by atoms with van der Waals surface area (Å²) < 4.78 is 5.65. The van der Waals surface area contributed by atoms with Crippen LogP contribution in [-0.2, 0) is 4.79 Å². The van der Waals surface area contributed by atoms with Crippen molar-refractivity contribution in [1.82, 2.24) is 0 Å². The fourth-order valence-electron chi connectivity index (χ4n) is 4.64. The average molecular weight is 355 g/mol. The first kappa shape index (κ1) is 15.9. The van der Waals surface area contributed by atoms with E-state index in [2.05, 4.69) is 12.1 Å². The van der Waals surface area contributed by atoms with Gasteiger partial charge in [0.2, 0.25) is 0 Å². The summed E-state index contributed by atoms with van der Waals surface area (Å²) in [5.41, 5.74) is 0.497. The Balaban J connectivity index is 1.77. The number of furan rings is 1. The van der Waals surface area contributed by atoms with Gasteiger partial charge >= 0.3 is 0 Å². The van der Waals surface area contributed by atoms with Crippen LogP contribution in [0.25, 0.3) is 6.08 Å². The Bertz CT molecular complexity index is 1010. The van der Waals surface area contributed by atoms with Crippen molar-refractivity contribution in [2.24, 2.45) is 11.3 Å². The molecule has 2 fully saturated rings. The lowest BCUT2D eigenvalue weighted by Crippen LogP contribution is -2.44. The van der Waals surface area contributed by atoms with Crippen LogP contribution >= 0.6 is 0 Å². The average Bonchev–Trinajstić information content (AvgIpc) is 3.33. The quantitative estimate of drug-likeness (QED) is 0.839. The van der Waals surface area contributed by atoms with Crippen molar-refractivity contribution >= 4 is 17.5 Å². The van der Waals surface area contributed by atoms with Crippen LogP contribution < -0.4 is 4.90 Å². The van der Waals surface area contributed by atoms with Crippen LogP contribution in [0.1, 0.15) is 30.1 Å². The first-order valence-corrected chi connectivity index (χ1v) is 9.16. The third-order valence-corrected chi connectivity index (χ3v) is 6.04. The Labute approximate surface area is 157 Å². The monoisotopic (exact) mass is 355 g/mol. The van der Waals surface area contributed by atoms with Gasteiger partial charge in [0.05, 0.1) is 30.4 Å². The molecule has 0 radical (unpaired) electrons. The van der Waals surface area contributed by atoms with Crippen LogP contribution in [0.15, 0.2) is 53.2 Å². The lowest BCUT2D eigenvalue weighted by molar-refractivity contribution is -0.121. The van der Waals surface area contributed by atoms with Gasteiger partial charge in [0, 0.05) is 11.6 Å². The Morgan fingerprint density at radius 2 is 1.93 bits per heavy atom. The number of hydrogen-bond donors (Lipinski definition) is 0. The molecule has 3 aliphatic rings. The number of ketones is 1. The third-order valence-electron chi connectivity index (χ3n) is 6.04. The van der Waals surface area contributed by atoms with Gasteiger partial charge in [-0.25, -0.2) is 0 Å². The normalized spacial score (nSPS) is 27.3. The summed E-state index contributed by atoms with van der Waals surface area (Å²) in [6.45, 7) is 0. The second-order valence-corrected chi connectivity index (χ2v) is 7.48. The second-order valence-electron chi connectivity index (χ2n) is 7.48. The molecule has 0 bridgehead atoms. The molecule has 0 unspecified atom stereocenters. The number of nitriles is 2. The van der Waals surface area contributed by atoms with Crippen LogP contribution in [-0.4, -0.2) is 17.9 Å². The van der Waals surface area contributed by atoms with Crippen molar-refractivity contribution in [1.29, 1.82) is 10.5 Å². The van der Waals surface area contributed by atoms with Crippen molar-refractivity contribution < 1.29 is 9.21 Å². The zero-order chi connectivity index (χ0) is 18.6. The molecular weight excluding hydrogens is 338 g/mol. The predicted octanol–water partition coefficient (Wildman–Crippen LogP) is 3.66. The highest BCUT2D eigenvalue weighted by atomic mass is 16.3. The Morgan fingerprint density at radius 3 is 2.59 bits per heavy atom. The van der Waals surface area contributed by atoms with Gasteiger partial charge in [0.1, 0.15) is 11.8 Å². The van der Waals surface area contributed by atoms with Gasteiger partial charge in [-0.05, 0) is 36.6 Å². The van der Waals surface area contributed by atoms with E-state index >= 15 is 0 Å². The maximum atomic E-state index is 13.4. The van der Waals surface area contributed by atoms with Crippen LogP contribution in [0.5, 0.6) is 0 Å². The molecule has 1 aromatic carbocycles. The highest BCUT2D eigenvalue weighted by Crippen LogP contribution is 2.56. The van der Waals surface area contributed by atoms with Gasteiger partial charge in [0.15, 0.2) is 11.2 Å². The fraction of sp³-hybridized carbons (Fsp3) is 0.318. The Hall–Kier alpha value is -3.31. The largest absolute Gasteiger partial charge is 0.469 e. The number of carbonyl (C=O) groups excluding carboxylic acids is 1. The number of fused-ring (bicyclic) bond motifs is 3. The minimum atomic E-state index is -1.39. The van der Waals surface area contributed by atoms with Gasteiger partial charge in [0.25, 0.3) is 0 Å². The SMILES string of the molecule is N#CC1(C#N)[C@H](c2ccco2)[C@H](C(=O)C2CC2)N2c3ccccc3C=C[C@H]21. The van der Waals surface area contributed by atoms with E-state index in [0.29, 0.717) is 5.76 Å². The van der Waals surface area contributed by atoms with Gasteiger partial charge < -0.3 is 9.32 Å². The zero-order valence-electron chi connectivity index (χ0n) is 14.6. The predicted molar refractivity (Wildman–Crippen MR) is 98.4 cm³/mol. The van der Waals surface area contributed by atoms with Crippen LogP contribution in [0.4, 0.5) is 5.69 Å². The highest BCUT2D eigenvalue weighted by molar-refractivity contribution is 5.95. The number of anilines is 1. The van der Waals surface area contributed by atoms with Gasteiger partial charge in [-0.1, -0.05) is 30.4 Å². The minimum Gasteiger partial charge on any atom is -0.469 e. The molecule has 1 saturated heterocycles. The second kappa shape index (κ2) is 5.59. The molecule has 3 atom stereocenters. The molecule has 1 saturated carbocycles. The number of nitrogens with zero attached hydrogens (tertiary/aromatic N) is 3. The van der Waals surface area contributed by atoms with Crippen LogP contribution in [0.3, 0.4) is 0 Å². The molecule has 5 rings (SSSR count). The van der Waals surface area contributed by atoms with E-state index in [1.54, 1.807) is 12.1 Å². The van der Waals surface area contributed by atoms with Crippen LogP contribution in [0.2, 0.25) is 0 Å². The van der Waals surface area contributed by atoms with Crippen molar-refractivity contribution in [3.05, 3.63) is 60.1 Å². The summed E-state index contributed by atoms with van der Waals surface area (Å²) in [4.78, 5) is 15.4. The molecular formula is C22H17N3O2. The molecule has 132 valence electrons. The fourth-order valence-corrected chi connectivity index (χ4v) is 4.64. The number of Topliss-reactive ketones (excluding diaryl/α,β-unsaturated/α-hetero) is 1. The number of para-hydroxylation sites is 1. The number of hydrogen-bond acceptors (Lipinski definition) is 5. The zero-order valence-corrected chi connectivity index (χ0v) is 14.6. The van der Waals surface area contributed by atoms with E-state index in [0.717, 1.165) is 24.1 Å². The molecule has 2 aromatic rings. The first-order chi connectivity index (χ1) is 13.2. The van der Waals surface area contributed by atoms with E-state index in [1.165, 1.54) is 6.26 Å². The van der Waals surface area contributed by atoms with Crippen molar-refractivity contribution in [3.63, 3.8) is 0 Å². The smallest absolute Gasteiger partial charge is 0.179 e. The molecule has 1 aliphatic carbocycles. The minimum absolute atomic E-state index is 0.0133. The third kappa shape index (κ3) is 2.06. The lowest BCUT2D eigenvalue weighted by atomic mass is 9.71.